The number of nitrogens with one attached hydrogen (secondary N) is 1. The molecule has 0 bridgehead atoms. The van der Waals surface area contributed by atoms with Crippen LogP contribution in [0.1, 0.15) is 18.7 Å². The molecule has 1 aromatic heterocycles. The average molecular weight is 223 g/mol. The molecule has 1 saturated carbocycles. The Morgan fingerprint density at radius 1 is 1.31 bits per heavy atom. The van der Waals surface area contributed by atoms with Gasteiger partial charge in [0.2, 0.25) is 0 Å². The number of hydrogen-bond donors (Lipinski definition) is 2. The molecule has 1 heterocycles. The number of H-pyrrole nitrogens is 1. The molecule has 0 amide bonds. The van der Waals surface area contributed by atoms with Gasteiger partial charge in [-0.05, 0) is 12.8 Å². The standard InChI is InChI=1S/C11H11F2N3/c12-6-3-8-9(4-7(6)13)16-10(15-8)11(5-14)1-2-11/h3-4H,1-2,5,14H2,(H,15,16). The van der Waals surface area contributed by atoms with Crippen LogP contribution in [0.15, 0.2) is 12.1 Å². The van der Waals surface area contributed by atoms with Gasteiger partial charge in [-0.15, -0.1) is 0 Å². The molecule has 2 aromatic rings. The zero-order chi connectivity index (χ0) is 11.3. The van der Waals surface area contributed by atoms with Crippen molar-refractivity contribution < 1.29 is 8.78 Å². The molecule has 3 rings (SSSR count). The lowest BCUT2D eigenvalue weighted by Crippen LogP contribution is -2.20. The molecule has 0 atom stereocenters. The first-order chi connectivity index (χ1) is 7.64. The highest BCUT2D eigenvalue weighted by Gasteiger charge is 2.45. The number of fused-ring (bicyclic) bond motifs is 1. The van der Waals surface area contributed by atoms with E-state index in [2.05, 4.69) is 9.97 Å². The maximum absolute atomic E-state index is 13.0. The molecule has 1 aliphatic carbocycles. The number of hydrogen-bond acceptors (Lipinski definition) is 2. The van der Waals surface area contributed by atoms with Crippen LogP contribution in [0.3, 0.4) is 0 Å². The molecule has 1 fully saturated rings. The monoisotopic (exact) mass is 223 g/mol. The fourth-order valence-corrected chi connectivity index (χ4v) is 1.94. The molecule has 3 N–H and O–H groups in total. The topological polar surface area (TPSA) is 54.7 Å². The van der Waals surface area contributed by atoms with Gasteiger partial charge in [-0.25, -0.2) is 13.8 Å². The number of aromatic nitrogens is 2. The smallest absolute Gasteiger partial charge is 0.161 e. The summed E-state index contributed by atoms with van der Waals surface area (Å²) < 4.78 is 26.0. The van der Waals surface area contributed by atoms with E-state index in [-0.39, 0.29) is 5.41 Å². The first kappa shape index (κ1) is 9.72. The molecular weight excluding hydrogens is 212 g/mol. The van der Waals surface area contributed by atoms with Gasteiger partial charge in [0.15, 0.2) is 11.6 Å². The largest absolute Gasteiger partial charge is 0.341 e. The van der Waals surface area contributed by atoms with Gasteiger partial charge < -0.3 is 10.7 Å². The van der Waals surface area contributed by atoms with Crippen molar-refractivity contribution >= 4 is 11.0 Å². The molecule has 0 aliphatic heterocycles. The number of imidazole rings is 1. The Morgan fingerprint density at radius 2 is 2.00 bits per heavy atom. The molecule has 0 spiro atoms. The predicted octanol–water partition coefficient (Wildman–Crippen LogP) is 1.83. The number of benzene rings is 1. The highest BCUT2D eigenvalue weighted by molar-refractivity contribution is 5.75. The van der Waals surface area contributed by atoms with E-state index in [0.29, 0.717) is 17.6 Å². The number of rotatable bonds is 2. The Bertz CT molecular complexity index is 519. The molecule has 1 aliphatic rings. The van der Waals surface area contributed by atoms with Crippen LogP contribution in [0.25, 0.3) is 11.0 Å². The van der Waals surface area contributed by atoms with Gasteiger partial charge in [0.25, 0.3) is 0 Å². The summed E-state index contributed by atoms with van der Waals surface area (Å²) in [6.07, 6.45) is 1.96. The lowest BCUT2D eigenvalue weighted by molar-refractivity contribution is 0.510. The number of nitrogens with two attached hydrogens (primary N) is 1. The summed E-state index contributed by atoms with van der Waals surface area (Å²) in [6, 6.07) is 2.24. The van der Waals surface area contributed by atoms with Crippen molar-refractivity contribution in [3.63, 3.8) is 0 Å². The van der Waals surface area contributed by atoms with Gasteiger partial charge in [0.1, 0.15) is 5.82 Å². The van der Waals surface area contributed by atoms with Gasteiger partial charge in [-0.2, -0.15) is 0 Å². The van der Waals surface area contributed by atoms with Crippen LogP contribution in [0, 0.1) is 11.6 Å². The van der Waals surface area contributed by atoms with E-state index in [1.807, 2.05) is 0 Å². The Balaban J connectivity index is 2.16. The zero-order valence-corrected chi connectivity index (χ0v) is 8.56. The third-order valence-corrected chi connectivity index (χ3v) is 3.27. The third kappa shape index (κ3) is 1.24. The van der Waals surface area contributed by atoms with E-state index >= 15 is 0 Å². The summed E-state index contributed by atoms with van der Waals surface area (Å²) in [6.45, 7) is 0.512. The molecule has 0 unspecified atom stereocenters. The second-order valence-corrected chi connectivity index (χ2v) is 4.35. The Hall–Kier alpha value is -1.49. The Labute approximate surface area is 90.7 Å². The lowest BCUT2D eigenvalue weighted by atomic mass is 10.1. The van der Waals surface area contributed by atoms with Crippen molar-refractivity contribution in [2.75, 3.05) is 6.54 Å². The summed E-state index contributed by atoms with van der Waals surface area (Å²) in [7, 11) is 0. The average Bonchev–Trinajstić information content (AvgIpc) is 2.96. The van der Waals surface area contributed by atoms with E-state index in [0.717, 1.165) is 30.8 Å². The van der Waals surface area contributed by atoms with Crippen molar-refractivity contribution in [3.8, 4) is 0 Å². The highest BCUT2D eigenvalue weighted by Crippen LogP contribution is 2.46. The van der Waals surface area contributed by atoms with E-state index in [1.54, 1.807) is 0 Å². The predicted molar refractivity (Wildman–Crippen MR) is 56.0 cm³/mol. The van der Waals surface area contributed by atoms with Gasteiger partial charge in [0, 0.05) is 24.1 Å². The minimum atomic E-state index is -0.872. The van der Waals surface area contributed by atoms with Crippen LogP contribution in [-0.2, 0) is 5.41 Å². The summed E-state index contributed by atoms with van der Waals surface area (Å²) in [5.74, 6) is -0.988. The van der Waals surface area contributed by atoms with Crippen molar-refractivity contribution in [2.24, 2.45) is 5.73 Å². The van der Waals surface area contributed by atoms with Crippen LogP contribution in [0.4, 0.5) is 8.78 Å². The Morgan fingerprint density at radius 3 is 2.62 bits per heavy atom. The molecular formula is C11H11F2N3. The van der Waals surface area contributed by atoms with Crippen molar-refractivity contribution in [3.05, 3.63) is 29.6 Å². The third-order valence-electron chi connectivity index (χ3n) is 3.27. The number of nitrogens with zero attached hydrogens (tertiary/aromatic N) is 1. The summed E-state index contributed by atoms with van der Waals surface area (Å²) in [4.78, 5) is 7.30. The highest BCUT2D eigenvalue weighted by atomic mass is 19.2. The molecule has 5 heteroatoms. The van der Waals surface area contributed by atoms with Crippen LogP contribution in [0.5, 0.6) is 0 Å². The fraction of sp³-hybridized carbons (Fsp3) is 0.364. The minimum absolute atomic E-state index is 0.0913. The lowest BCUT2D eigenvalue weighted by Gasteiger charge is -2.06. The summed E-state index contributed by atoms with van der Waals surface area (Å²) in [5, 5.41) is 0. The van der Waals surface area contributed by atoms with Crippen molar-refractivity contribution in [1.82, 2.24) is 9.97 Å². The van der Waals surface area contributed by atoms with Crippen LogP contribution >= 0.6 is 0 Å². The van der Waals surface area contributed by atoms with Gasteiger partial charge in [-0.3, -0.25) is 0 Å². The zero-order valence-electron chi connectivity index (χ0n) is 8.56. The number of aromatic amines is 1. The quantitative estimate of drug-likeness (QED) is 0.816. The maximum atomic E-state index is 13.0. The van der Waals surface area contributed by atoms with E-state index in [4.69, 9.17) is 5.73 Å². The van der Waals surface area contributed by atoms with Crippen LogP contribution in [0.2, 0.25) is 0 Å². The summed E-state index contributed by atoms with van der Waals surface area (Å²) >= 11 is 0. The van der Waals surface area contributed by atoms with Gasteiger partial charge >= 0.3 is 0 Å². The summed E-state index contributed by atoms with van der Waals surface area (Å²) in [5.41, 5.74) is 6.56. The fourth-order valence-electron chi connectivity index (χ4n) is 1.94. The van der Waals surface area contributed by atoms with Crippen molar-refractivity contribution in [1.29, 1.82) is 0 Å². The molecule has 0 radical (unpaired) electrons. The SMILES string of the molecule is NCC1(c2nc3cc(F)c(F)cc3[nH]2)CC1. The minimum Gasteiger partial charge on any atom is -0.341 e. The molecule has 0 saturated heterocycles. The number of halogens is 2. The van der Waals surface area contributed by atoms with Gasteiger partial charge in [0.05, 0.1) is 11.0 Å². The van der Waals surface area contributed by atoms with E-state index < -0.39 is 11.6 Å². The maximum Gasteiger partial charge on any atom is 0.161 e. The van der Waals surface area contributed by atoms with Crippen LogP contribution in [-0.4, -0.2) is 16.5 Å². The van der Waals surface area contributed by atoms with Crippen molar-refractivity contribution in [2.45, 2.75) is 18.3 Å². The first-order valence-corrected chi connectivity index (χ1v) is 5.20. The molecule has 16 heavy (non-hydrogen) atoms. The molecule has 3 nitrogen and oxygen atoms in total. The molecule has 1 aromatic carbocycles. The normalized spacial score (nSPS) is 17.9. The second kappa shape index (κ2) is 3.01. The van der Waals surface area contributed by atoms with Crippen LogP contribution < -0.4 is 5.73 Å². The van der Waals surface area contributed by atoms with E-state index in [1.165, 1.54) is 0 Å². The Kier molecular flexibility index (Phi) is 1.83. The second-order valence-electron chi connectivity index (χ2n) is 4.35. The molecule has 84 valence electrons. The van der Waals surface area contributed by atoms with Gasteiger partial charge in [-0.1, -0.05) is 0 Å². The first-order valence-electron chi connectivity index (χ1n) is 5.20. The van der Waals surface area contributed by atoms with E-state index in [9.17, 15) is 8.78 Å².